The van der Waals surface area contributed by atoms with E-state index in [1.165, 1.54) is 12.1 Å². The quantitative estimate of drug-likeness (QED) is 0.892. The summed E-state index contributed by atoms with van der Waals surface area (Å²) in [6, 6.07) is 4.55. The molecule has 1 atom stereocenters. The van der Waals surface area contributed by atoms with Gasteiger partial charge in [0.25, 0.3) is 0 Å². The SMILES string of the molecule is CCC(C)CNS(=O)(=O)c1ccc(Cl)c(Br)c1. The summed E-state index contributed by atoms with van der Waals surface area (Å²) in [7, 11) is -3.44. The highest BCUT2D eigenvalue weighted by Gasteiger charge is 2.15. The lowest BCUT2D eigenvalue weighted by Crippen LogP contribution is -2.28. The van der Waals surface area contributed by atoms with E-state index in [1.54, 1.807) is 6.07 Å². The summed E-state index contributed by atoms with van der Waals surface area (Å²) in [5.74, 6) is 0.320. The maximum atomic E-state index is 11.9. The predicted molar refractivity (Wildman–Crippen MR) is 73.8 cm³/mol. The monoisotopic (exact) mass is 339 g/mol. The van der Waals surface area contributed by atoms with E-state index in [-0.39, 0.29) is 4.90 Å². The summed E-state index contributed by atoms with van der Waals surface area (Å²) in [5.41, 5.74) is 0. The number of hydrogen-bond acceptors (Lipinski definition) is 2. The number of hydrogen-bond donors (Lipinski definition) is 1. The second kappa shape index (κ2) is 6.18. The van der Waals surface area contributed by atoms with Gasteiger partial charge in [-0.2, -0.15) is 0 Å². The zero-order valence-corrected chi connectivity index (χ0v) is 12.9. The molecule has 1 unspecified atom stereocenters. The van der Waals surface area contributed by atoms with Crippen LogP contribution in [0.1, 0.15) is 20.3 Å². The topological polar surface area (TPSA) is 46.2 Å². The van der Waals surface area contributed by atoms with Crippen LogP contribution in [0.15, 0.2) is 27.6 Å². The van der Waals surface area contributed by atoms with Crippen LogP contribution in [0.25, 0.3) is 0 Å². The molecule has 1 N–H and O–H groups in total. The van der Waals surface area contributed by atoms with E-state index < -0.39 is 10.0 Å². The summed E-state index contributed by atoms with van der Waals surface area (Å²) in [6.07, 6.45) is 0.937. The van der Waals surface area contributed by atoms with Crippen LogP contribution in [0.3, 0.4) is 0 Å². The van der Waals surface area contributed by atoms with Crippen LogP contribution in [-0.4, -0.2) is 15.0 Å². The Labute approximate surface area is 116 Å². The average molecular weight is 341 g/mol. The maximum Gasteiger partial charge on any atom is 0.240 e. The second-order valence-corrected chi connectivity index (χ2v) is 6.97. The van der Waals surface area contributed by atoms with Crippen molar-refractivity contribution in [1.82, 2.24) is 4.72 Å². The number of halogens is 2. The lowest BCUT2D eigenvalue weighted by atomic mass is 10.1. The predicted octanol–water partition coefficient (Wildman–Crippen LogP) is 3.43. The summed E-state index contributed by atoms with van der Waals surface area (Å²) in [4.78, 5) is 0.220. The Balaban J connectivity index is 2.86. The molecule has 1 aromatic rings. The molecule has 0 radical (unpaired) electrons. The zero-order chi connectivity index (χ0) is 13.1. The van der Waals surface area contributed by atoms with E-state index in [0.717, 1.165) is 6.42 Å². The van der Waals surface area contributed by atoms with E-state index in [0.29, 0.717) is 22.0 Å². The molecule has 0 saturated carbocycles. The van der Waals surface area contributed by atoms with Crippen LogP contribution in [0.4, 0.5) is 0 Å². The van der Waals surface area contributed by atoms with E-state index >= 15 is 0 Å². The highest BCUT2D eigenvalue weighted by Crippen LogP contribution is 2.25. The molecule has 1 aromatic carbocycles. The molecule has 0 amide bonds. The number of rotatable bonds is 5. The first kappa shape index (κ1) is 15.0. The zero-order valence-electron chi connectivity index (χ0n) is 9.70. The Hall–Kier alpha value is -0.100. The van der Waals surface area contributed by atoms with Crippen molar-refractivity contribution in [2.75, 3.05) is 6.54 Å². The van der Waals surface area contributed by atoms with E-state index in [1.807, 2.05) is 13.8 Å². The van der Waals surface area contributed by atoms with Gasteiger partial charge in [0.05, 0.1) is 9.92 Å². The highest BCUT2D eigenvalue weighted by atomic mass is 79.9. The molecule has 0 bridgehead atoms. The average Bonchev–Trinajstić information content (AvgIpc) is 2.29. The van der Waals surface area contributed by atoms with Gasteiger partial charge in [0.1, 0.15) is 0 Å². The van der Waals surface area contributed by atoms with Crippen LogP contribution in [-0.2, 0) is 10.0 Å². The second-order valence-electron chi connectivity index (χ2n) is 3.94. The first-order chi connectivity index (χ1) is 7.86. The molecule has 96 valence electrons. The molecule has 17 heavy (non-hydrogen) atoms. The van der Waals surface area contributed by atoms with Crippen molar-refractivity contribution in [2.45, 2.75) is 25.2 Å². The fraction of sp³-hybridized carbons (Fsp3) is 0.455. The highest BCUT2D eigenvalue weighted by molar-refractivity contribution is 9.10. The lowest BCUT2D eigenvalue weighted by molar-refractivity contribution is 0.528. The van der Waals surface area contributed by atoms with Gasteiger partial charge in [0, 0.05) is 11.0 Å². The van der Waals surface area contributed by atoms with Crippen molar-refractivity contribution in [1.29, 1.82) is 0 Å². The van der Waals surface area contributed by atoms with Gasteiger partial charge in [-0.15, -0.1) is 0 Å². The molecular weight excluding hydrogens is 326 g/mol. The molecule has 6 heteroatoms. The third-order valence-corrected chi connectivity index (χ3v) is 5.16. The van der Waals surface area contributed by atoms with Crippen molar-refractivity contribution in [3.63, 3.8) is 0 Å². The Morgan fingerprint density at radius 1 is 1.47 bits per heavy atom. The number of sulfonamides is 1. The fourth-order valence-electron chi connectivity index (χ4n) is 1.12. The van der Waals surface area contributed by atoms with Crippen molar-refractivity contribution in [3.8, 4) is 0 Å². The van der Waals surface area contributed by atoms with Gasteiger partial charge in [0.15, 0.2) is 0 Å². The minimum Gasteiger partial charge on any atom is -0.211 e. The van der Waals surface area contributed by atoms with Crippen LogP contribution in [0.2, 0.25) is 5.02 Å². The fourth-order valence-corrected chi connectivity index (χ4v) is 2.96. The summed E-state index contributed by atoms with van der Waals surface area (Å²) in [5, 5.41) is 0.492. The third-order valence-electron chi connectivity index (χ3n) is 2.52. The first-order valence-electron chi connectivity index (χ1n) is 5.31. The van der Waals surface area contributed by atoms with Crippen LogP contribution in [0, 0.1) is 5.92 Å². The molecule has 1 rings (SSSR count). The van der Waals surface area contributed by atoms with Crippen LogP contribution in [0.5, 0.6) is 0 Å². The van der Waals surface area contributed by atoms with Crippen LogP contribution >= 0.6 is 27.5 Å². The van der Waals surface area contributed by atoms with Crippen molar-refractivity contribution >= 4 is 37.6 Å². The van der Waals surface area contributed by atoms with Gasteiger partial charge >= 0.3 is 0 Å². The minimum absolute atomic E-state index is 0.220. The van der Waals surface area contributed by atoms with Gasteiger partial charge in [-0.05, 0) is 40.0 Å². The lowest BCUT2D eigenvalue weighted by Gasteiger charge is -2.11. The molecular formula is C11H15BrClNO2S. The van der Waals surface area contributed by atoms with Crippen molar-refractivity contribution in [3.05, 3.63) is 27.7 Å². The largest absolute Gasteiger partial charge is 0.240 e. The standard InChI is InChI=1S/C11H15BrClNO2S/c1-3-8(2)7-14-17(15,16)9-4-5-11(13)10(12)6-9/h4-6,8,14H,3,7H2,1-2H3. The Bertz CT molecular complexity index is 490. The smallest absolute Gasteiger partial charge is 0.211 e. The molecule has 0 saturated heterocycles. The van der Waals surface area contributed by atoms with Crippen molar-refractivity contribution in [2.24, 2.45) is 5.92 Å². The van der Waals surface area contributed by atoms with Crippen LogP contribution < -0.4 is 4.72 Å². The van der Waals surface area contributed by atoms with Gasteiger partial charge in [-0.25, -0.2) is 13.1 Å². The van der Waals surface area contributed by atoms with E-state index in [4.69, 9.17) is 11.6 Å². The molecule has 3 nitrogen and oxygen atoms in total. The Kier molecular flexibility index (Phi) is 5.44. The number of benzene rings is 1. The summed E-state index contributed by atoms with van der Waals surface area (Å²) in [6.45, 7) is 4.47. The van der Waals surface area contributed by atoms with Crippen molar-refractivity contribution < 1.29 is 8.42 Å². The first-order valence-corrected chi connectivity index (χ1v) is 7.97. The van der Waals surface area contributed by atoms with Gasteiger partial charge in [-0.3, -0.25) is 0 Å². The molecule has 0 spiro atoms. The Morgan fingerprint density at radius 2 is 2.12 bits per heavy atom. The molecule has 0 aliphatic heterocycles. The normalized spacial score (nSPS) is 13.6. The molecule has 0 aromatic heterocycles. The molecule has 0 aliphatic carbocycles. The molecule has 0 fully saturated rings. The summed E-state index contributed by atoms with van der Waals surface area (Å²) < 4.78 is 27.0. The maximum absolute atomic E-state index is 11.9. The summed E-state index contributed by atoms with van der Waals surface area (Å²) >= 11 is 9.03. The molecule has 0 heterocycles. The van der Waals surface area contributed by atoms with Gasteiger partial charge in [0.2, 0.25) is 10.0 Å². The van der Waals surface area contributed by atoms with E-state index in [2.05, 4.69) is 20.7 Å². The van der Waals surface area contributed by atoms with Gasteiger partial charge < -0.3 is 0 Å². The Morgan fingerprint density at radius 3 is 2.65 bits per heavy atom. The van der Waals surface area contributed by atoms with Gasteiger partial charge in [-0.1, -0.05) is 31.9 Å². The number of nitrogens with one attached hydrogen (secondary N) is 1. The van der Waals surface area contributed by atoms with E-state index in [9.17, 15) is 8.42 Å². The third kappa shape index (κ3) is 4.25. The minimum atomic E-state index is -3.44. The molecule has 0 aliphatic rings.